The lowest BCUT2D eigenvalue weighted by Gasteiger charge is -2.08. The van der Waals surface area contributed by atoms with E-state index < -0.39 is 0 Å². The minimum Gasteiger partial charge on any atom is -0.378 e. The summed E-state index contributed by atoms with van der Waals surface area (Å²) in [6.45, 7) is 8.83. The summed E-state index contributed by atoms with van der Waals surface area (Å²) in [4.78, 5) is 0. The third kappa shape index (κ3) is 24.0. The van der Waals surface area contributed by atoms with E-state index in [1.165, 1.54) is 0 Å². The third-order valence-electron chi connectivity index (χ3n) is 2.95. The summed E-state index contributed by atoms with van der Waals surface area (Å²) in [6, 6.07) is 0. The summed E-state index contributed by atoms with van der Waals surface area (Å²) < 4.78 is 37.4. The second-order valence-electron chi connectivity index (χ2n) is 5.08. The molecule has 0 aliphatic rings. The highest BCUT2D eigenvalue weighted by Crippen LogP contribution is 1.85. The Hall–Kier alpha value is -0.0300. The smallest absolute Gasteiger partial charge is 0.0701 e. The Morgan fingerprint density at radius 1 is 0.462 bits per heavy atom. The molecule has 158 valence electrons. The summed E-state index contributed by atoms with van der Waals surface area (Å²) in [5.41, 5.74) is 0. The van der Waals surface area contributed by atoms with Crippen molar-refractivity contribution < 1.29 is 33.2 Å². The van der Waals surface area contributed by atoms with Crippen LogP contribution in [0.5, 0.6) is 0 Å². The normalized spacial score (nSPS) is 11.3. The Labute approximate surface area is 162 Å². The molecule has 0 atom stereocenters. The number of rotatable bonds is 23. The van der Waals surface area contributed by atoms with Crippen molar-refractivity contribution in [1.29, 1.82) is 0 Å². The number of nitrogens with one attached hydrogen (secondary N) is 1. The molecule has 0 fully saturated rings. The van der Waals surface area contributed by atoms with Crippen molar-refractivity contribution in [2.75, 3.05) is 112 Å². The van der Waals surface area contributed by atoms with E-state index in [4.69, 9.17) is 44.8 Å². The molecular formula is C17H36ClNO7. The first-order valence-corrected chi connectivity index (χ1v) is 9.70. The number of ether oxygens (including phenoxy) is 7. The monoisotopic (exact) mass is 401 g/mol. The number of alkyl halides is 1. The van der Waals surface area contributed by atoms with Crippen molar-refractivity contribution in [1.82, 2.24) is 5.32 Å². The number of likely N-dealkylation sites (N-methyl/N-ethyl adjacent to an activating group) is 1. The van der Waals surface area contributed by atoms with Gasteiger partial charge in [0.05, 0.1) is 92.5 Å². The fourth-order valence-electron chi connectivity index (χ4n) is 1.65. The molecule has 0 radical (unpaired) electrons. The molecule has 9 heteroatoms. The Morgan fingerprint density at radius 3 is 1.00 bits per heavy atom. The zero-order valence-electron chi connectivity index (χ0n) is 16.0. The fraction of sp³-hybridized carbons (Fsp3) is 1.00. The van der Waals surface area contributed by atoms with Crippen LogP contribution < -0.4 is 5.32 Å². The SMILES string of the molecule is CNCCOCCOCCOCCOCCOCCOCCOCCCl. The van der Waals surface area contributed by atoms with Crippen LogP contribution in [0.1, 0.15) is 0 Å². The van der Waals surface area contributed by atoms with E-state index >= 15 is 0 Å². The van der Waals surface area contributed by atoms with Crippen molar-refractivity contribution >= 4 is 11.6 Å². The molecule has 0 spiro atoms. The van der Waals surface area contributed by atoms with Gasteiger partial charge in [-0.1, -0.05) is 0 Å². The van der Waals surface area contributed by atoms with Gasteiger partial charge in [0.25, 0.3) is 0 Å². The van der Waals surface area contributed by atoms with Gasteiger partial charge in [-0.25, -0.2) is 0 Å². The molecule has 0 rings (SSSR count). The lowest BCUT2D eigenvalue weighted by molar-refractivity contribution is -0.0199. The predicted molar refractivity (Wildman–Crippen MR) is 100 cm³/mol. The van der Waals surface area contributed by atoms with Gasteiger partial charge >= 0.3 is 0 Å². The van der Waals surface area contributed by atoms with Gasteiger partial charge in [-0.3, -0.25) is 0 Å². The zero-order valence-corrected chi connectivity index (χ0v) is 16.8. The molecule has 0 saturated heterocycles. The Balaban J connectivity index is 2.95. The van der Waals surface area contributed by atoms with Gasteiger partial charge in [0, 0.05) is 12.4 Å². The minimum absolute atomic E-state index is 0.509. The molecule has 0 heterocycles. The quantitative estimate of drug-likeness (QED) is 0.197. The van der Waals surface area contributed by atoms with Gasteiger partial charge < -0.3 is 38.5 Å². The highest BCUT2D eigenvalue weighted by atomic mass is 35.5. The van der Waals surface area contributed by atoms with E-state index in [9.17, 15) is 0 Å². The summed E-state index contributed by atoms with van der Waals surface area (Å²) in [5, 5.41) is 3.01. The van der Waals surface area contributed by atoms with Crippen molar-refractivity contribution in [2.45, 2.75) is 0 Å². The number of hydrogen-bond donors (Lipinski definition) is 1. The molecule has 0 unspecified atom stereocenters. The van der Waals surface area contributed by atoms with E-state index in [2.05, 4.69) is 5.32 Å². The molecule has 0 bridgehead atoms. The highest BCUT2D eigenvalue weighted by molar-refractivity contribution is 6.17. The van der Waals surface area contributed by atoms with Crippen LogP contribution in [0.15, 0.2) is 0 Å². The average Bonchev–Trinajstić information content (AvgIpc) is 2.66. The van der Waals surface area contributed by atoms with Gasteiger partial charge in [0.15, 0.2) is 0 Å². The maximum atomic E-state index is 5.48. The zero-order chi connectivity index (χ0) is 19.0. The predicted octanol–water partition coefficient (Wildman–Crippen LogP) is 0.561. The molecule has 0 aliphatic carbocycles. The van der Waals surface area contributed by atoms with Crippen LogP contribution in [0.2, 0.25) is 0 Å². The fourth-order valence-corrected chi connectivity index (χ4v) is 1.76. The number of hydrogen-bond acceptors (Lipinski definition) is 8. The second-order valence-corrected chi connectivity index (χ2v) is 5.46. The van der Waals surface area contributed by atoms with Gasteiger partial charge in [-0.2, -0.15) is 0 Å². The van der Waals surface area contributed by atoms with Crippen molar-refractivity contribution in [3.63, 3.8) is 0 Å². The molecule has 26 heavy (non-hydrogen) atoms. The van der Waals surface area contributed by atoms with E-state index in [1.54, 1.807) is 0 Å². The van der Waals surface area contributed by atoms with Crippen LogP contribution in [-0.2, 0) is 33.2 Å². The lowest BCUT2D eigenvalue weighted by Crippen LogP contribution is -2.17. The van der Waals surface area contributed by atoms with Crippen molar-refractivity contribution in [3.05, 3.63) is 0 Å². The first-order valence-electron chi connectivity index (χ1n) is 9.16. The molecular weight excluding hydrogens is 366 g/mol. The van der Waals surface area contributed by atoms with Crippen molar-refractivity contribution in [3.8, 4) is 0 Å². The molecule has 0 amide bonds. The largest absolute Gasteiger partial charge is 0.378 e. The van der Waals surface area contributed by atoms with Gasteiger partial charge in [0.1, 0.15) is 0 Å². The summed E-state index contributed by atoms with van der Waals surface area (Å²) in [6.07, 6.45) is 0. The molecule has 0 aromatic rings. The highest BCUT2D eigenvalue weighted by Gasteiger charge is 1.94. The Kier molecular flexibility index (Phi) is 24.9. The Morgan fingerprint density at radius 2 is 0.731 bits per heavy atom. The van der Waals surface area contributed by atoms with Crippen LogP contribution in [0.4, 0.5) is 0 Å². The summed E-state index contributed by atoms with van der Waals surface area (Å²) in [7, 11) is 1.90. The van der Waals surface area contributed by atoms with E-state index in [-0.39, 0.29) is 0 Å². The Bertz CT molecular complexity index is 229. The third-order valence-corrected chi connectivity index (χ3v) is 3.10. The van der Waals surface area contributed by atoms with E-state index in [1.807, 2.05) is 7.05 Å². The summed E-state index contributed by atoms with van der Waals surface area (Å²) >= 11 is 5.48. The molecule has 0 aromatic heterocycles. The second kappa shape index (κ2) is 25.0. The molecule has 0 aliphatic heterocycles. The van der Waals surface area contributed by atoms with Crippen molar-refractivity contribution in [2.24, 2.45) is 0 Å². The average molecular weight is 402 g/mol. The van der Waals surface area contributed by atoms with Crippen LogP contribution in [0.3, 0.4) is 0 Å². The molecule has 0 saturated carbocycles. The first kappa shape index (κ1) is 26.0. The lowest BCUT2D eigenvalue weighted by atomic mass is 10.6. The number of halogens is 1. The standard InChI is InChI=1S/C17H36ClNO7/c1-19-3-5-21-7-9-23-11-13-25-15-17-26-16-14-24-12-10-22-8-6-20-4-2-18/h19H,2-17H2,1H3. The molecule has 8 nitrogen and oxygen atoms in total. The maximum absolute atomic E-state index is 5.48. The van der Waals surface area contributed by atoms with E-state index in [0.29, 0.717) is 98.4 Å². The van der Waals surface area contributed by atoms with Crippen LogP contribution in [-0.4, -0.2) is 112 Å². The van der Waals surface area contributed by atoms with Crippen LogP contribution in [0, 0.1) is 0 Å². The molecule has 1 N–H and O–H groups in total. The van der Waals surface area contributed by atoms with E-state index in [0.717, 1.165) is 6.54 Å². The van der Waals surface area contributed by atoms with Gasteiger partial charge in [0.2, 0.25) is 0 Å². The maximum Gasteiger partial charge on any atom is 0.0701 e. The molecule has 0 aromatic carbocycles. The van der Waals surface area contributed by atoms with Gasteiger partial charge in [-0.05, 0) is 7.05 Å². The van der Waals surface area contributed by atoms with Gasteiger partial charge in [-0.15, -0.1) is 11.6 Å². The minimum atomic E-state index is 0.509. The topological polar surface area (TPSA) is 76.6 Å². The first-order chi connectivity index (χ1) is 12.9. The van der Waals surface area contributed by atoms with Crippen LogP contribution in [0.25, 0.3) is 0 Å². The van der Waals surface area contributed by atoms with Crippen LogP contribution >= 0.6 is 11.6 Å². The summed E-state index contributed by atoms with van der Waals surface area (Å²) in [5.74, 6) is 0.509.